The third-order valence-corrected chi connectivity index (χ3v) is 11.9. The molecule has 6 rings (SSSR count). The summed E-state index contributed by atoms with van der Waals surface area (Å²) in [5.74, 6) is 1.20. The zero-order chi connectivity index (χ0) is 39.7. The molecule has 294 valence electrons. The molecule has 0 fully saturated rings. The van der Waals surface area contributed by atoms with Gasteiger partial charge in [0.05, 0.1) is 0 Å². The fourth-order valence-corrected chi connectivity index (χ4v) is 7.68. The van der Waals surface area contributed by atoms with Gasteiger partial charge in [0.25, 0.3) is 0 Å². The van der Waals surface area contributed by atoms with Gasteiger partial charge in [-0.15, -0.1) is 39.7 Å². The molecule has 0 radical (unpaired) electrons. The molecular formula is C52H66Cl2Zr-2. The molecule has 0 N–H and O–H groups in total. The third-order valence-electron chi connectivity index (χ3n) is 10.4. The van der Waals surface area contributed by atoms with Crippen LogP contribution in [0.15, 0.2) is 108 Å². The van der Waals surface area contributed by atoms with Gasteiger partial charge in [0, 0.05) is 0 Å². The van der Waals surface area contributed by atoms with Gasteiger partial charge in [-0.05, 0) is 10.8 Å². The van der Waals surface area contributed by atoms with Crippen molar-refractivity contribution in [3.63, 3.8) is 0 Å². The summed E-state index contributed by atoms with van der Waals surface area (Å²) in [6.45, 7) is 36.0. The van der Waals surface area contributed by atoms with Crippen LogP contribution in [0.2, 0.25) is 0 Å². The van der Waals surface area contributed by atoms with Crippen LogP contribution in [0.25, 0.3) is 21.5 Å². The smallest absolute Gasteiger partial charge is 0.0145 e. The first-order valence-electron chi connectivity index (χ1n) is 19.6. The number of fused-ring (bicyclic) bond motifs is 3. The Hall–Kier alpha value is -2.44. The summed E-state index contributed by atoms with van der Waals surface area (Å²) in [7, 11) is 0. The zero-order valence-electron chi connectivity index (χ0n) is 36.6. The van der Waals surface area contributed by atoms with Crippen LogP contribution in [-0.2, 0) is 45.9 Å². The van der Waals surface area contributed by atoms with Crippen molar-refractivity contribution in [2.24, 2.45) is 11.8 Å². The van der Waals surface area contributed by atoms with Crippen molar-refractivity contribution in [2.45, 2.75) is 132 Å². The zero-order valence-corrected chi connectivity index (χ0v) is 40.6. The molecule has 1 unspecified atom stereocenters. The molecular weight excluding hydrogens is 787 g/mol. The Bertz CT molecular complexity index is 1960. The van der Waals surface area contributed by atoms with Gasteiger partial charge in [0.2, 0.25) is 0 Å². The summed E-state index contributed by atoms with van der Waals surface area (Å²) in [6.07, 6.45) is 5.68. The van der Waals surface area contributed by atoms with Crippen LogP contribution in [0.4, 0.5) is 0 Å². The fraction of sp³-hybridized carbons (Fsp3) is 0.423. The van der Waals surface area contributed by atoms with Gasteiger partial charge >= 0.3 is 151 Å². The first kappa shape index (κ1) is 48.7. The Kier molecular flexibility index (Phi) is 16.7. The molecule has 0 heterocycles. The number of allylic oxidation sites excluding steroid dienone is 4. The molecule has 0 saturated carbocycles. The number of halogens is 2. The normalized spacial score (nSPS) is 14.6. The van der Waals surface area contributed by atoms with Gasteiger partial charge in [-0.2, -0.15) is 11.6 Å². The van der Waals surface area contributed by atoms with Gasteiger partial charge in [-0.25, -0.2) is 5.57 Å². The van der Waals surface area contributed by atoms with Crippen LogP contribution in [0, 0.1) is 17.9 Å². The van der Waals surface area contributed by atoms with E-state index in [-0.39, 0.29) is 46.5 Å². The van der Waals surface area contributed by atoms with Gasteiger partial charge in [0.15, 0.2) is 0 Å². The number of hydrogen-bond donors (Lipinski definition) is 0. The molecule has 1 aliphatic rings. The first-order chi connectivity index (χ1) is 24.4. The first-order valence-corrected chi connectivity index (χ1v) is 20.9. The van der Waals surface area contributed by atoms with Crippen LogP contribution >= 0.6 is 0 Å². The van der Waals surface area contributed by atoms with Gasteiger partial charge in [0.1, 0.15) is 0 Å². The molecule has 55 heavy (non-hydrogen) atoms. The van der Waals surface area contributed by atoms with Gasteiger partial charge in [-0.1, -0.05) is 116 Å². The Balaban J connectivity index is 0.000000298. The van der Waals surface area contributed by atoms with E-state index in [1.807, 2.05) is 0 Å². The molecule has 0 amide bonds. The van der Waals surface area contributed by atoms with E-state index < -0.39 is 0 Å². The second-order valence-electron chi connectivity index (χ2n) is 19.6. The maximum absolute atomic E-state index is 3.37. The Morgan fingerprint density at radius 3 is 1.15 bits per heavy atom. The van der Waals surface area contributed by atoms with E-state index >= 15 is 0 Å². The molecule has 1 atom stereocenters. The molecule has 0 saturated heterocycles. The summed E-state index contributed by atoms with van der Waals surface area (Å²) < 4.78 is 1.42. The number of rotatable bonds is 3. The summed E-state index contributed by atoms with van der Waals surface area (Å²) in [5, 5.41) is 5.49. The molecule has 0 bridgehead atoms. The second kappa shape index (κ2) is 18.9. The Morgan fingerprint density at radius 2 is 0.891 bits per heavy atom. The van der Waals surface area contributed by atoms with E-state index in [0.29, 0.717) is 11.8 Å². The van der Waals surface area contributed by atoms with Crippen molar-refractivity contribution in [3.8, 4) is 0 Å². The van der Waals surface area contributed by atoms with Crippen LogP contribution in [0.5, 0.6) is 0 Å². The molecule has 5 aromatic rings. The summed E-state index contributed by atoms with van der Waals surface area (Å²) in [6, 6.07) is 34.3. The summed E-state index contributed by atoms with van der Waals surface area (Å²) in [5.41, 5.74) is 11.9. The van der Waals surface area contributed by atoms with E-state index in [1.165, 1.54) is 93.5 Å². The van der Waals surface area contributed by atoms with Gasteiger partial charge in [-0.3, -0.25) is 6.08 Å². The van der Waals surface area contributed by atoms with Crippen LogP contribution in [0.1, 0.15) is 144 Å². The van der Waals surface area contributed by atoms with Crippen LogP contribution < -0.4 is 24.8 Å². The molecule has 3 heteroatoms. The second-order valence-corrected chi connectivity index (χ2v) is 20.8. The molecule has 5 aromatic carbocycles. The van der Waals surface area contributed by atoms with E-state index in [1.54, 1.807) is 0 Å². The summed E-state index contributed by atoms with van der Waals surface area (Å²) in [4.78, 5) is 0. The molecule has 1 aliphatic carbocycles. The SMILES string of the molecule is CC(C)(C)c1ccc([C](=[Zr+2])c2ccc(C(C)(C)C)cc2)cc1.CC(C)(C)c1ccc2[cH-]c3ccc(C(C)(C)C)cc3c2c1.CC1=[C-]C(C)C=C1C(C)C.[Cl-].[Cl-]. The minimum Gasteiger partial charge on any atom is -1.00 e. The Labute approximate surface area is 363 Å². The number of hydrogen-bond acceptors (Lipinski definition) is 0. The summed E-state index contributed by atoms with van der Waals surface area (Å²) >= 11 is 1.46. The van der Waals surface area contributed by atoms with Crippen molar-refractivity contribution in [2.75, 3.05) is 0 Å². The number of benzene rings is 4. The largest absolute Gasteiger partial charge is 1.00 e. The average molecular weight is 853 g/mol. The van der Waals surface area contributed by atoms with Crippen molar-refractivity contribution in [1.82, 2.24) is 0 Å². The minimum atomic E-state index is 0. The quantitative estimate of drug-likeness (QED) is 0.160. The van der Waals surface area contributed by atoms with Crippen molar-refractivity contribution in [1.29, 1.82) is 0 Å². The standard InChI is InChI=1S/C21H25.C21H26.C10H15.2ClH.Zr/c1-20(2,3)16-9-7-14-11-15-8-10-17(21(4,5)6)13-19(15)18(14)12-16;1-20(2,3)18-11-7-16(8-12-18)15-17-9-13-19(14-10-17)21(4,5)6;1-7(2)10-6-8(3)5-9(10)4;;;/h7-13H,1-6H3;7-14H,1-6H3;6-8H,1-4H3;2*1H;/q-1;;-1;;;+2/p-2. The third kappa shape index (κ3) is 12.8. The monoisotopic (exact) mass is 850 g/mol. The molecule has 0 aromatic heterocycles. The predicted molar refractivity (Wildman–Crippen MR) is 232 cm³/mol. The van der Waals surface area contributed by atoms with Gasteiger partial charge < -0.3 is 24.8 Å². The maximum atomic E-state index is 3.37. The molecule has 0 spiro atoms. The molecule has 0 nitrogen and oxygen atoms in total. The van der Waals surface area contributed by atoms with E-state index in [2.05, 4.69) is 214 Å². The topological polar surface area (TPSA) is 0 Å². The predicted octanol–water partition coefficient (Wildman–Crippen LogP) is 8.68. The van der Waals surface area contributed by atoms with Crippen molar-refractivity contribution >= 4 is 24.8 Å². The van der Waals surface area contributed by atoms with Crippen LogP contribution in [0.3, 0.4) is 0 Å². The van der Waals surface area contributed by atoms with E-state index in [4.69, 9.17) is 0 Å². The van der Waals surface area contributed by atoms with Crippen LogP contribution in [-0.4, -0.2) is 3.21 Å². The molecule has 0 aliphatic heterocycles. The minimum absolute atomic E-state index is 0. The fourth-order valence-electron chi connectivity index (χ4n) is 6.86. The van der Waals surface area contributed by atoms with E-state index in [0.717, 1.165) is 0 Å². The van der Waals surface area contributed by atoms with Crippen molar-refractivity contribution < 1.29 is 49.0 Å². The average Bonchev–Trinajstić information content (AvgIpc) is 3.61. The Morgan fingerprint density at radius 1 is 0.564 bits per heavy atom. The maximum Gasteiger partial charge on any atom is -0.0145 e. The van der Waals surface area contributed by atoms with E-state index in [9.17, 15) is 0 Å². The van der Waals surface area contributed by atoms with Crippen molar-refractivity contribution in [3.05, 3.63) is 148 Å².